The first-order valence-corrected chi connectivity index (χ1v) is 8.51. The van der Waals surface area contributed by atoms with Crippen LogP contribution in [0.5, 0.6) is 0 Å². The van der Waals surface area contributed by atoms with Crippen LogP contribution >= 0.6 is 11.3 Å². The van der Waals surface area contributed by atoms with Crippen molar-refractivity contribution in [2.75, 3.05) is 23.3 Å². The van der Waals surface area contributed by atoms with Gasteiger partial charge in [-0.05, 0) is 30.9 Å². The minimum Gasteiger partial charge on any atom is -0.371 e. The number of anilines is 2. The fourth-order valence-corrected chi connectivity index (χ4v) is 3.48. The Morgan fingerprint density at radius 2 is 1.87 bits per heavy atom. The second-order valence-electron chi connectivity index (χ2n) is 5.57. The summed E-state index contributed by atoms with van der Waals surface area (Å²) < 4.78 is 37.7. The molecule has 0 unspecified atom stereocenters. The van der Waals surface area contributed by atoms with Crippen LogP contribution in [0.2, 0.25) is 0 Å². The molecular weight excluding hydrogens is 323 g/mol. The van der Waals surface area contributed by atoms with Gasteiger partial charge < -0.3 is 10.2 Å². The fraction of sp³-hybridized carbons (Fsp3) is 0.438. The number of nitrogens with zero attached hydrogens (tertiary/aromatic N) is 2. The third-order valence-corrected chi connectivity index (χ3v) is 4.71. The number of thiazole rings is 1. The average Bonchev–Trinajstić information content (AvgIpc) is 3.03. The monoisotopic (exact) mass is 341 g/mol. The molecule has 0 bridgehead atoms. The quantitative estimate of drug-likeness (QED) is 0.869. The lowest BCUT2D eigenvalue weighted by molar-refractivity contribution is -0.140. The van der Waals surface area contributed by atoms with Gasteiger partial charge in [-0.2, -0.15) is 13.2 Å². The van der Waals surface area contributed by atoms with Crippen molar-refractivity contribution in [3.05, 3.63) is 40.9 Å². The molecule has 3 rings (SSSR count). The van der Waals surface area contributed by atoms with Crippen LogP contribution in [-0.2, 0) is 12.7 Å². The highest BCUT2D eigenvalue weighted by atomic mass is 32.1. The second-order valence-corrected chi connectivity index (χ2v) is 6.42. The summed E-state index contributed by atoms with van der Waals surface area (Å²) in [6.07, 6.45) is -0.759. The molecule has 1 aliphatic heterocycles. The van der Waals surface area contributed by atoms with Crippen molar-refractivity contribution in [1.82, 2.24) is 4.98 Å². The van der Waals surface area contributed by atoms with Gasteiger partial charge in [-0.25, -0.2) is 4.98 Å². The Labute approximate surface area is 137 Å². The van der Waals surface area contributed by atoms with E-state index in [1.807, 2.05) is 18.2 Å². The predicted octanol–water partition coefficient (Wildman–Crippen LogP) is 4.76. The summed E-state index contributed by atoms with van der Waals surface area (Å²) in [5.74, 6) is 0. The van der Waals surface area contributed by atoms with Gasteiger partial charge in [0.2, 0.25) is 0 Å². The zero-order valence-corrected chi connectivity index (χ0v) is 13.4. The zero-order valence-electron chi connectivity index (χ0n) is 12.6. The lowest BCUT2D eigenvalue weighted by atomic mass is 10.1. The van der Waals surface area contributed by atoms with Crippen LogP contribution in [0.4, 0.5) is 24.0 Å². The van der Waals surface area contributed by atoms with Crippen LogP contribution in [0.15, 0.2) is 29.6 Å². The largest absolute Gasteiger partial charge is 0.434 e. The summed E-state index contributed by atoms with van der Waals surface area (Å²) in [6, 6.07) is 8.03. The highest BCUT2D eigenvalue weighted by Gasteiger charge is 2.33. The van der Waals surface area contributed by atoms with Gasteiger partial charge in [0.1, 0.15) is 0 Å². The maximum atomic E-state index is 12.6. The van der Waals surface area contributed by atoms with Gasteiger partial charge in [0.15, 0.2) is 10.8 Å². The van der Waals surface area contributed by atoms with Crippen molar-refractivity contribution in [2.45, 2.75) is 32.0 Å². The molecule has 3 nitrogen and oxygen atoms in total. The molecule has 0 atom stereocenters. The van der Waals surface area contributed by atoms with Crippen LogP contribution in [-0.4, -0.2) is 18.1 Å². The summed E-state index contributed by atoms with van der Waals surface area (Å²) in [7, 11) is 0. The molecule has 2 heterocycles. The van der Waals surface area contributed by atoms with E-state index in [4.69, 9.17) is 0 Å². The number of benzene rings is 1. The molecule has 124 valence electrons. The fourth-order valence-electron chi connectivity index (χ4n) is 2.76. The van der Waals surface area contributed by atoms with E-state index >= 15 is 0 Å². The lowest BCUT2D eigenvalue weighted by Crippen LogP contribution is -2.30. The lowest BCUT2D eigenvalue weighted by Gasteiger charge is -2.30. The maximum Gasteiger partial charge on any atom is 0.434 e. The standard InChI is InChI=1S/C16H18F3N3S/c17-16(18,19)14-11-23-15(21-14)20-10-12-6-2-3-7-13(12)22-8-4-1-5-9-22/h2-3,6-7,11H,1,4-5,8-10H2,(H,20,21). The molecule has 0 spiro atoms. The van der Waals surface area contributed by atoms with Gasteiger partial charge in [-0.3, -0.25) is 0 Å². The van der Waals surface area contributed by atoms with E-state index < -0.39 is 11.9 Å². The number of nitrogens with one attached hydrogen (secondary N) is 1. The van der Waals surface area contributed by atoms with E-state index in [-0.39, 0.29) is 0 Å². The number of hydrogen-bond acceptors (Lipinski definition) is 4. The number of rotatable bonds is 4. The van der Waals surface area contributed by atoms with E-state index in [1.165, 1.54) is 19.3 Å². The van der Waals surface area contributed by atoms with Crippen molar-refractivity contribution in [2.24, 2.45) is 0 Å². The van der Waals surface area contributed by atoms with Crippen LogP contribution < -0.4 is 10.2 Å². The summed E-state index contributed by atoms with van der Waals surface area (Å²) in [5, 5.41) is 4.35. The first-order valence-electron chi connectivity index (χ1n) is 7.63. The van der Waals surface area contributed by atoms with Gasteiger partial charge >= 0.3 is 6.18 Å². The van der Waals surface area contributed by atoms with Crippen molar-refractivity contribution in [3.8, 4) is 0 Å². The molecular formula is C16H18F3N3S. The molecule has 1 fully saturated rings. The topological polar surface area (TPSA) is 28.2 Å². The molecule has 2 aromatic rings. The van der Waals surface area contributed by atoms with Gasteiger partial charge in [-0.15, -0.1) is 11.3 Å². The van der Waals surface area contributed by atoms with Crippen LogP contribution in [0.25, 0.3) is 0 Å². The number of halogens is 3. The number of para-hydroxylation sites is 1. The minimum absolute atomic E-state index is 0.297. The molecule has 1 aromatic carbocycles. The molecule has 1 N–H and O–H groups in total. The Hall–Kier alpha value is -1.76. The number of aromatic nitrogens is 1. The molecule has 0 saturated carbocycles. The molecule has 1 saturated heterocycles. The van der Waals surface area contributed by atoms with Crippen molar-refractivity contribution < 1.29 is 13.2 Å². The zero-order chi connectivity index (χ0) is 16.3. The Morgan fingerprint density at radius 1 is 1.13 bits per heavy atom. The predicted molar refractivity (Wildman–Crippen MR) is 86.9 cm³/mol. The van der Waals surface area contributed by atoms with E-state index in [0.29, 0.717) is 11.7 Å². The van der Waals surface area contributed by atoms with Crippen LogP contribution in [0.3, 0.4) is 0 Å². The van der Waals surface area contributed by atoms with E-state index in [0.717, 1.165) is 41.1 Å². The molecule has 0 amide bonds. The van der Waals surface area contributed by atoms with Crippen molar-refractivity contribution >= 4 is 22.2 Å². The number of hydrogen-bond donors (Lipinski definition) is 1. The number of piperidine rings is 1. The molecule has 1 aliphatic rings. The molecule has 7 heteroatoms. The van der Waals surface area contributed by atoms with E-state index in [9.17, 15) is 13.2 Å². The van der Waals surface area contributed by atoms with Gasteiger partial charge in [0.25, 0.3) is 0 Å². The summed E-state index contributed by atoms with van der Waals surface area (Å²) >= 11 is 0.981. The highest BCUT2D eigenvalue weighted by molar-refractivity contribution is 7.13. The Morgan fingerprint density at radius 3 is 2.57 bits per heavy atom. The number of alkyl halides is 3. The average molecular weight is 341 g/mol. The first-order chi connectivity index (χ1) is 11.0. The van der Waals surface area contributed by atoms with Crippen molar-refractivity contribution in [1.29, 1.82) is 0 Å². The molecule has 23 heavy (non-hydrogen) atoms. The Kier molecular flexibility index (Phi) is 4.75. The van der Waals surface area contributed by atoms with Gasteiger partial charge in [-0.1, -0.05) is 18.2 Å². The maximum absolute atomic E-state index is 12.6. The van der Waals surface area contributed by atoms with Crippen LogP contribution in [0, 0.1) is 0 Å². The Balaban J connectivity index is 1.69. The third-order valence-electron chi connectivity index (χ3n) is 3.91. The molecule has 0 radical (unpaired) electrons. The minimum atomic E-state index is -4.39. The normalized spacial score (nSPS) is 15.7. The highest BCUT2D eigenvalue weighted by Crippen LogP contribution is 2.32. The SMILES string of the molecule is FC(F)(F)c1csc(NCc2ccccc2N2CCCCC2)n1. The molecule has 0 aliphatic carbocycles. The molecule has 1 aromatic heterocycles. The first kappa shape index (κ1) is 16.1. The smallest absolute Gasteiger partial charge is 0.371 e. The van der Waals surface area contributed by atoms with Gasteiger partial charge in [0, 0.05) is 30.7 Å². The second kappa shape index (κ2) is 6.78. The van der Waals surface area contributed by atoms with E-state index in [1.54, 1.807) is 0 Å². The third kappa shape index (κ3) is 3.96. The van der Waals surface area contributed by atoms with Gasteiger partial charge in [0.05, 0.1) is 0 Å². The van der Waals surface area contributed by atoms with Crippen molar-refractivity contribution in [3.63, 3.8) is 0 Å². The summed E-state index contributed by atoms with van der Waals surface area (Å²) in [5.41, 5.74) is 1.40. The Bertz CT molecular complexity index is 648. The summed E-state index contributed by atoms with van der Waals surface area (Å²) in [6.45, 7) is 2.54. The summed E-state index contributed by atoms with van der Waals surface area (Å²) in [4.78, 5) is 5.96. The van der Waals surface area contributed by atoms with E-state index in [2.05, 4.69) is 21.3 Å². The van der Waals surface area contributed by atoms with Crippen LogP contribution in [0.1, 0.15) is 30.5 Å².